The minimum atomic E-state index is -0.316. The van der Waals surface area contributed by atoms with E-state index < -0.39 is 0 Å². The molecule has 0 aliphatic rings. The van der Waals surface area contributed by atoms with Crippen LogP contribution in [0.15, 0.2) is 79.9 Å². The summed E-state index contributed by atoms with van der Waals surface area (Å²) in [4.78, 5) is 12.4. The summed E-state index contributed by atoms with van der Waals surface area (Å²) in [7, 11) is 0. The molecule has 0 bridgehead atoms. The highest BCUT2D eigenvalue weighted by molar-refractivity contribution is 9.11. The molecular weight excluding hydrogens is 655 g/mol. The number of carbonyl (C=O) groups excluding carboxylic acids is 1. The van der Waals surface area contributed by atoms with Crippen molar-refractivity contribution in [2.45, 2.75) is 11.8 Å². The van der Waals surface area contributed by atoms with Crippen molar-refractivity contribution in [1.82, 2.24) is 25.6 Å². The molecule has 1 aromatic heterocycles. The fourth-order valence-corrected chi connectivity index (χ4v) is 5.47. The van der Waals surface area contributed by atoms with Crippen molar-refractivity contribution < 1.29 is 9.53 Å². The van der Waals surface area contributed by atoms with Gasteiger partial charge in [-0.2, -0.15) is 9.78 Å². The highest BCUT2D eigenvalue weighted by Gasteiger charge is 2.13. The summed E-state index contributed by atoms with van der Waals surface area (Å²) in [5.41, 5.74) is 4.74. The molecule has 184 valence electrons. The van der Waals surface area contributed by atoms with E-state index in [1.807, 2.05) is 42.5 Å². The quantitative estimate of drug-likeness (QED) is 0.127. The third-order valence-corrected chi connectivity index (χ3v) is 7.14. The number of amides is 1. The number of para-hydroxylation sites is 1. The van der Waals surface area contributed by atoms with Gasteiger partial charge < -0.3 is 4.74 Å². The maximum atomic E-state index is 12.4. The first-order chi connectivity index (χ1) is 17.4. The number of rotatable bonds is 9. The highest BCUT2D eigenvalue weighted by Crippen LogP contribution is 2.33. The largest absolute Gasteiger partial charge is 0.487 e. The normalized spacial score (nSPS) is 11.1. The molecule has 1 heterocycles. The average molecular weight is 671 g/mol. The minimum Gasteiger partial charge on any atom is -0.487 e. The molecule has 0 radical (unpaired) electrons. The molecule has 0 unspecified atom stereocenters. The zero-order chi connectivity index (χ0) is 25.5. The van der Waals surface area contributed by atoms with Gasteiger partial charge in [0.2, 0.25) is 5.16 Å². The second-order valence-electron chi connectivity index (χ2n) is 7.12. The summed E-state index contributed by atoms with van der Waals surface area (Å²) in [5, 5.41) is 17.3. The van der Waals surface area contributed by atoms with Gasteiger partial charge in [-0.25, -0.2) is 5.43 Å². The van der Waals surface area contributed by atoms with Crippen LogP contribution in [0.1, 0.15) is 11.1 Å². The number of hydrogen-bond acceptors (Lipinski definition) is 7. The molecule has 0 fully saturated rings. The first kappa shape index (κ1) is 26.6. The van der Waals surface area contributed by atoms with Crippen LogP contribution in [-0.2, 0) is 11.4 Å². The summed E-state index contributed by atoms with van der Waals surface area (Å²) in [6.07, 6.45) is 1.50. The van der Waals surface area contributed by atoms with E-state index in [1.165, 1.54) is 18.0 Å². The van der Waals surface area contributed by atoms with Gasteiger partial charge in [0.05, 0.1) is 22.1 Å². The van der Waals surface area contributed by atoms with Crippen molar-refractivity contribution in [2.75, 3.05) is 5.75 Å². The van der Waals surface area contributed by atoms with Gasteiger partial charge in [0, 0.05) is 25.6 Å². The van der Waals surface area contributed by atoms with Gasteiger partial charge in [0.25, 0.3) is 5.91 Å². The van der Waals surface area contributed by atoms with Gasteiger partial charge in [-0.3, -0.25) is 4.79 Å². The lowest BCUT2D eigenvalue weighted by atomic mass is 10.2. The SMILES string of the molecule is O=C(CSc1nnnn1-c1ccccc1)N/N=C\c1cc(Br)cc(Br)c1OCc1ccc(Cl)cc1Cl. The topological polar surface area (TPSA) is 94.3 Å². The van der Waals surface area contributed by atoms with E-state index >= 15 is 0 Å². The Morgan fingerprint density at radius 1 is 1.14 bits per heavy atom. The Bertz CT molecular complexity index is 1400. The molecule has 0 atom stereocenters. The number of thioether (sulfide) groups is 1. The van der Waals surface area contributed by atoms with Crippen LogP contribution < -0.4 is 10.2 Å². The van der Waals surface area contributed by atoms with Gasteiger partial charge in [-0.1, -0.05) is 75.2 Å². The Hall–Kier alpha value is -2.44. The zero-order valence-electron chi connectivity index (χ0n) is 18.2. The first-order valence-corrected chi connectivity index (χ1v) is 13.6. The molecule has 0 aliphatic heterocycles. The van der Waals surface area contributed by atoms with Gasteiger partial charge in [0.15, 0.2) is 0 Å². The van der Waals surface area contributed by atoms with E-state index in [9.17, 15) is 4.79 Å². The number of ether oxygens (including phenoxy) is 1. The van der Waals surface area contributed by atoms with Crippen LogP contribution in [-0.4, -0.2) is 38.1 Å². The maximum absolute atomic E-state index is 12.4. The van der Waals surface area contributed by atoms with Crippen LogP contribution in [0, 0.1) is 0 Å². The predicted molar refractivity (Wildman–Crippen MR) is 148 cm³/mol. The maximum Gasteiger partial charge on any atom is 0.250 e. The summed E-state index contributed by atoms with van der Waals surface area (Å²) < 4.78 is 9.09. The number of hydrogen-bond donors (Lipinski definition) is 1. The van der Waals surface area contributed by atoms with Crippen LogP contribution in [0.25, 0.3) is 5.69 Å². The standard InChI is InChI=1S/C23H16Br2Cl2N6O2S/c24-16-8-15(22(19(25)9-16)35-12-14-6-7-17(26)10-20(14)27)11-28-29-21(34)13-36-23-30-31-32-33(23)18-4-2-1-3-5-18/h1-11H,12-13H2,(H,29,34)/b28-11-. The van der Waals surface area contributed by atoms with Crippen LogP contribution in [0.5, 0.6) is 5.75 Å². The fraction of sp³-hybridized carbons (Fsp3) is 0.0870. The number of hydrazone groups is 1. The Kier molecular flexibility index (Phi) is 9.38. The molecule has 4 aromatic rings. The van der Waals surface area contributed by atoms with Crippen molar-refractivity contribution in [3.63, 3.8) is 0 Å². The van der Waals surface area contributed by atoms with Crippen molar-refractivity contribution >= 4 is 78.9 Å². The van der Waals surface area contributed by atoms with E-state index in [4.69, 9.17) is 27.9 Å². The number of halogens is 4. The molecule has 0 saturated carbocycles. The Labute approximate surface area is 237 Å². The van der Waals surface area contributed by atoms with E-state index in [0.29, 0.717) is 31.0 Å². The Morgan fingerprint density at radius 2 is 1.94 bits per heavy atom. The fourth-order valence-electron chi connectivity index (χ4n) is 2.95. The average Bonchev–Trinajstić information content (AvgIpc) is 3.32. The zero-order valence-corrected chi connectivity index (χ0v) is 23.7. The molecule has 4 rings (SSSR count). The van der Waals surface area contributed by atoms with E-state index in [0.717, 1.165) is 15.7 Å². The number of nitrogens with zero attached hydrogens (tertiary/aromatic N) is 5. The first-order valence-electron chi connectivity index (χ1n) is 10.2. The number of benzene rings is 3. The third kappa shape index (κ3) is 7.07. The monoisotopic (exact) mass is 668 g/mol. The second-order valence-corrected chi connectivity index (χ2v) is 10.7. The van der Waals surface area contributed by atoms with E-state index in [1.54, 1.807) is 22.9 Å². The van der Waals surface area contributed by atoms with E-state index in [2.05, 4.69) is 57.9 Å². The third-order valence-electron chi connectivity index (χ3n) is 4.59. The van der Waals surface area contributed by atoms with Gasteiger partial charge in [-0.05, 0) is 62.8 Å². The van der Waals surface area contributed by atoms with Crippen molar-refractivity contribution in [2.24, 2.45) is 5.10 Å². The summed E-state index contributed by atoms with van der Waals surface area (Å²) in [6, 6.07) is 18.3. The van der Waals surface area contributed by atoms with Gasteiger partial charge in [-0.15, -0.1) is 5.10 Å². The molecule has 3 aromatic carbocycles. The van der Waals surface area contributed by atoms with Crippen molar-refractivity contribution in [3.05, 3.63) is 90.8 Å². The second kappa shape index (κ2) is 12.7. The lowest BCUT2D eigenvalue weighted by Crippen LogP contribution is -2.20. The molecule has 1 amide bonds. The van der Waals surface area contributed by atoms with Crippen LogP contribution in [0.4, 0.5) is 0 Å². The van der Waals surface area contributed by atoms with Gasteiger partial charge in [0.1, 0.15) is 12.4 Å². The number of carbonyl (C=O) groups is 1. The van der Waals surface area contributed by atoms with Crippen LogP contribution in [0.2, 0.25) is 10.0 Å². The predicted octanol–water partition coefficient (Wildman–Crippen LogP) is 6.32. The molecule has 13 heteroatoms. The summed E-state index contributed by atoms with van der Waals surface area (Å²) in [6.45, 7) is 0.218. The lowest BCUT2D eigenvalue weighted by Gasteiger charge is -2.13. The van der Waals surface area contributed by atoms with Crippen molar-refractivity contribution in [1.29, 1.82) is 0 Å². The Morgan fingerprint density at radius 3 is 2.72 bits per heavy atom. The molecule has 0 saturated heterocycles. The summed E-state index contributed by atoms with van der Waals surface area (Å²) >= 11 is 20.4. The number of tetrazole rings is 1. The van der Waals surface area contributed by atoms with Gasteiger partial charge >= 0.3 is 0 Å². The smallest absolute Gasteiger partial charge is 0.250 e. The highest BCUT2D eigenvalue weighted by atomic mass is 79.9. The molecule has 8 nitrogen and oxygen atoms in total. The van der Waals surface area contributed by atoms with E-state index in [-0.39, 0.29) is 18.3 Å². The number of aromatic nitrogens is 4. The lowest BCUT2D eigenvalue weighted by molar-refractivity contribution is -0.118. The molecule has 0 spiro atoms. The molecule has 0 aliphatic carbocycles. The van der Waals surface area contributed by atoms with Crippen molar-refractivity contribution in [3.8, 4) is 11.4 Å². The van der Waals surface area contributed by atoms with Crippen LogP contribution in [0.3, 0.4) is 0 Å². The molecule has 1 N–H and O–H groups in total. The minimum absolute atomic E-state index is 0.0746. The van der Waals surface area contributed by atoms with Crippen LogP contribution >= 0.6 is 66.8 Å². The molecular formula is C23H16Br2Cl2N6O2S. The summed E-state index contributed by atoms with van der Waals surface area (Å²) in [5.74, 6) is 0.299. The molecule has 36 heavy (non-hydrogen) atoms. The Balaban J connectivity index is 1.38. The number of nitrogens with one attached hydrogen (secondary N) is 1.